The average Bonchev–Trinajstić information content (AvgIpc) is 2.60. The lowest BCUT2D eigenvalue weighted by atomic mass is 10.2. The van der Waals surface area contributed by atoms with Crippen molar-refractivity contribution in [1.29, 1.82) is 0 Å². The van der Waals surface area contributed by atoms with Crippen LogP contribution in [0.1, 0.15) is 11.5 Å². The normalized spacial score (nSPS) is 11.0. The maximum absolute atomic E-state index is 10.6. The summed E-state index contributed by atoms with van der Waals surface area (Å²) in [5, 5.41) is 24.1. The molecule has 6 heteroatoms. The van der Waals surface area contributed by atoms with Gasteiger partial charge in [0, 0.05) is 12.1 Å². The van der Waals surface area contributed by atoms with Crippen LogP contribution < -0.4 is 5.76 Å². The Hall–Kier alpha value is -2.50. The van der Waals surface area contributed by atoms with Gasteiger partial charge in [0.05, 0.1) is 0 Å². The minimum Gasteiger partial charge on any atom is -0.508 e. The van der Waals surface area contributed by atoms with Gasteiger partial charge in [-0.2, -0.15) is 0 Å². The smallest absolute Gasteiger partial charge is 0.434 e. The van der Waals surface area contributed by atoms with Gasteiger partial charge >= 0.3 is 5.76 Å². The number of nitrogens with zero attached hydrogens (tertiary/aromatic N) is 1. The van der Waals surface area contributed by atoms with Gasteiger partial charge in [-0.3, -0.25) is 0 Å². The predicted octanol–water partition coefficient (Wildman–Crippen LogP) is 0.944. The molecule has 3 N–H and O–H groups in total. The van der Waals surface area contributed by atoms with Crippen LogP contribution in [-0.2, 0) is 0 Å². The number of aromatic hydroxyl groups is 2. The summed E-state index contributed by atoms with van der Waals surface area (Å²) >= 11 is 0. The Balaban J connectivity index is 2.26. The second kappa shape index (κ2) is 3.93. The molecule has 1 heterocycles. The molecule has 0 saturated heterocycles. The number of phenols is 2. The zero-order chi connectivity index (χ0) is 11.5. The molecule has 0 bridgehead atoms. The van der Waals surface area contributed by atoms with E-state index in [0.29, 0.717) is 5.56 Å². The Morgan fingerprint density at radius 1 is 1.19 bits per heavy atom. The highest BCUT2D eigenvalue weighted by Crippen LogP contribution is 2.21. The molecule has 0 aliphatic rings. The SMILES string of the molecule is O=c1[nH]nc(/C=C/c2cc(O)cc(O)c2)o1. The lowest BCUT2D eigenvalue weighted by molar-refractivity contribution is 0.450. The molecule has 0 unspecified atom stereocenters. The van der Waals surface area contributed by atoms with E-state index in [1.165, 1.54) is 24.3 Å². The Kier molecular flexibility index (Phi) is 2.47. The number of aromatic nitrogens is 2. The lowest BCUT2D eigenvalue weighted by Crippen LogP contribution is -1.93. The van der Waals surface area contributed by atoms with Crippen LogP contribution in [0.3, 0.4) is 0 Å². The third-order valence-corrected chi connectivity index (χ3v) is 1.80. The molecule has 2 rings (SSSR count). The van der Waals surface area contributed by atoms with Crippen LogP contribution in [0.4, 0.5) is 0 Å². The molecule has 0 atom stereocenters. The van der Waals surface area contributed by atoms with Crippen LogP contribution in [-0.4, -0.2) is 20.4 Å². The minimum absolute atomic E-state index is 0.0527. The summed E-state index contributed by atoms with van der Waals surface area (Å²) in [5.74, 6) is -0.627. The molecule has 0 amide bonds. The second-order valence-electron chi connectivity index (χ2n) is 3.07. The number of hydrogen-bond donors (Lipinski definition) is 3. The van der Waals surface area contributed by atoms with E-state index in [1.54, 1.807) is 6.08 Å². The van der Waals surface area contributed by atoms with E-state index in [1.807, 2.05) is 0 Å². The molecule has 2 aromatic rings. The first kappa shape index (κ1) is 10.0. The summed E-state index contributed by atoms with van der Waals surface area (Å²) in [7, 11) is 0. The fourth-order valence-corrected chi connectivity index (χ4v) is 1.19. The molecule has 1 aromatic heterocycles. The van der Waals surface area contributed by atoms with Crippen LogP contribution in [0.25, 0.3) is 12.2 Å². The van der Waals surface area contributed by atoms with Crippen molar-refractivity contribution >= 4 is 12.2 Å². The molecule has 0 aliphatic heterocycles. The molecule has 0 saturated carbocycles. The zero-order valence-electron chi connectivity index (χ0n) is 8.04. The Bertz CT molecular complexity index is 562. The maximum Gasteiger partial charge on any atom is 0.434 e. The third kappa shape index (κ3) is 2.30. The first-order chi connectivity index (χ1) is 7.63. The molecule has 0 radical (unpaired) electrons. The first-order valence-electron chi connectivity index (χ1n) is 4.40. The third-order valence-electron chi connectivity index (χ3n) is 1.80. The second-order valence-corrected chi connectivity index (χ2v) is 3.07. The van der Waals surface area contributed by atoms with Crippen molar-refractivity contribution in [2.45, 2.75) is 0 Å². The average molecular weight is 220 g/mol. The van der Waals surface area contributed by atoms with Gasteiger partial charge in [-0.1, -0.05) is 0 Å². The minimum atomic E-state index is -0.640. The summed E-state index contributed by atoms with van der Waals surface area (Å²) in [5.41, 5.74) is 0.558. The van der Waals surface area contributed by atoms with E-state index in [0.717, 1.165) is 0 Å². The maximum atomic E-state index is 10.6. The number of H-pyrrole nitrogens is 1. The molecular weight excluding hydrogens is 212 g/mol. The monoisotopic (exact) mass is 220 g/mol. The number of rotatable bonds is 2. The highest BCUT2D eigenvalue weighted by atomic mass is 16.4. The first-order valence-corrected chi connectivity index (χ1v) is 4.40. The van der Waals surface area contributed by atoms with Crippen molar-refractivity contribution in [3.05, 3.63) is 40.2 Å². The molecule has 0 aliphatic carbocycles. The highest BCUT2D eigenvalue weighted by molar-refractivity contribution is 5.67. The van der Waals surface area contributed by atoms with Crippen LogP contribution in [0.2, 0.25) is 0 Å². The standard InChI is InChI=1S/C10H8N2O4/c13-7-3-6(4-8(14)5-7)1-2-9-11-12-10(15)16-9/h1-5,13-14H,(H,12,15)/b2-1+. The fraction of sp³-hybridized carbons (Fsp3) is 0. The number of aromatic amines is 1. The van der Waals surface area contributed by atoms with Crippen molar-refractivity contribution in [2.24, 2.45) is 0 Å². The summed E-state index contributed by atoms with van der Waals surface area (Å²) < 4.78 is 4.63. The van der Waals surface area contributed by atoms with Gasteiger partial charge in [0.1, 0.15) is 11.5 Å². The van der Waals surface area contributed by atoms with E-state index in [4.69, 9.17) is 0 Å². The number of nitrogens with one attached hydrogen (secondary N) is 1. The van der Waals surface area contributed by atoms with E-state index < -0.39 is 5.76 Å². The van der Waals surface area contributed by atoms with Crippen molar-refractivity contribution in [3.8, 4) is 11.5 Å². The summed E-state index contributed by atoms with van der Waals surface area (Å²) in [6, 6.07) is 4.11. The molecule has 0 spiro atoms. The molecule has 6 nitrogen and oxygen atoms in total. The van der Waals surface area contributed by atoms with Crippen LogP contribution in [0.15, 0.2) is 27.4 Å². The Labute approximate surface area is 89.5 Å². The fourth-order valence-electron chi connectivity index (χ4n) is 1.19. The zero-order valence-corrected chi connectivity index (χ0v) is 8.04. The van der Waals surface area contributed by atoms with Gasteiger partial charge in [-0.15, -0.1) is 5.10 Å². The van der Waals surface area contributed by atoms with Crippen molar-refractivity contribution < 1.29 is 14.6 Å². The van der Waals surface area contributed by atoms with Gasteiger partial charge < -0.3 is 14.6 Å². The van der Waals surface area contributed by atoms with Crippen molar-refractivity contribution in [2.75, 3.05) is 0 Å². The molecule has 0 fully saturated rings. The van der Waals surface area contributed by atoms with E-state index in [9.17, 15) is 15.0 Å². The van der Waals surface area contributed by atoms with Gasteiger partial charge in [-0.05, 0) is 23.8 Å². The Morgan fingerprint density at radius 3 is 2.44 bits per heavy atom. The van der Waals surface area contributed by atoms with Crippen molar-refractivity contribution in [1.82, 2.24) is 10.2 Å². The highest BCUT2D eigenvalue weighted by Gasteiger charge is 1.98. The van der Waals surface area contributed by atoms with Crippen LogP contribution in [0.5, 0.6) is 11.5 Å². The van der Waals surface area contributed by atoms with Gasteiger partial charge in [0.2, 0.25) is 5.89 Å². The van der Waals surface area contributed by atoms with E-state index in [2.05, 4.69) is 14.6 Å². The number of hydrogen-bond acceptors (Lipinski definition) is 5. The van der Waals surface area contributed by atoms with Crippen LogP contribution in [0, 0.1) is 0 Å². The molecule has 1 aromatic carbocycles. The summed E-state index contributed by atoms with van der Waals surface area (Å²) in [4.78, 5) is 10.6. The predicted molar refractivity (Wildman–Crippen MR) is 55.8 cm³/mol. The van der Waals surface area contributed by atoms with Crippen LogP contribution >= 0.6 is 0 Å². The molecule has 82 valence electrons. The Morgan fingerprint density at radius 2 is 1.88 bits per heavy atom. The van der Waals surface area contributed by atoms with Gasteiger partial charge in [0.15, 0.2) is 0 Å². The number of phenolic OH excluding ortho intramolecular Hbond substituents is 2. The van der Waals surface area contributed by atoms with Crippen molar-refractivity contribution in [3.63, 3.8) is 0 Å². The van der Waals surface area contributed by atoms with Gasteiger partial charge in [0.25, 0.3) is 0 Å². The van der Waals surface area contributed by atoms with E-state index in [-0.39, 0.29) is 17.4 Å². The van der Waals surface area contributed by atoms with Gasteiger partial charge in [-0.25, -0.2) is 9.89 Å². The lowest BCUT2D eigenvalue weighted by Gasteiger charge is -1.97. The van der Waals surface area contributed by atoms with E-state index >= 15 is 0 Å². The molecule has 16 heavy (non-hydrogen) atoms. The topological polar surface area (TPSA) is 99.4 Å². The largest absolute Gasteiger partial charge is 0.508 e. The number of benzene rings is 1. The summed E-state index contributed by atoms with van der Waals surface area (Å²) in [6.07, 6.45) is 2.98. The quantitative estimate of drug-likeness (QED) is 0.699. The molecular formula is C10H8N2O4. The summed E-state index contributed by atoms with van der Waals surface area (Å²) in [6.45, 7) is 0.